The number of aliphatic hydroxyl groups is 1. The summed E-state index contributed by atoms with van der Waals surface area (Å²) in [6, 6.07) is 4.67. The van der Waals surface area contributed by atoms with Gasteiger partial charge in [-0.25, -0.2) is 0 Å². The SMILES string of the molecule is O=C(c1cccc2c1OCCN2)N(CCO)CC(F)(F)F. The maximum absolute atomic E-state index is 12.5. The third kappa shape index (κ3) is 3.78. The van der Waals surface area contributed by atoms with Gasteiger partial charge in [-0.15, -0.1) is 0 Å². The van der Waals surface area contributed by atoms with E-state index in [4.69, 9.17) is 9.84 Å². The number of alkyl halides is 3. The van der Waals surface area contributed by atoms with Gasteiger partial charge in [-0.2, -0.15) is 13.2 Å². The van der Waals surface area contributed by atoms with E-state index in [-0.39, 0.29) is 11.3 Å². The quantitative estimate of drug-likeness (QED) is 0.885. The molecule has 0 saturated carbocycles. The molecule has 1 aromatic rings. The molecule has 0 saturated heterocycles. The second-order valence-electron chi connectivity index (χ2n) is 4.52. The molecule has 0 bridgehead atoms. The van der Waals surface area contributed by atoms with Crippen molar-refractivity contribution in [3.05, 3.63) is 23.8 Å². The van der Waals surface area contributed by atoms with Crippen LogP contribution in [0.3, 0.4) is 0 Å². The summed E-state index contributed by atoms with van der Waals surface area (Å²) in [6.45, 7) is -1.46. The number of carbonyl (C=O) groups excluding carboxylic acids is 1. The summed E-state index contributed by atoms with van der Waals surface area (Å²) < 4.78 is 43.0. The Morgan fingerprint density at radius 2 is 2.19 bits per heavy atom. The molecule has 0 spiro atoms. The zero-order chi connectivity index (χ0) is 15.5. The van der Waals surface area contributed by atoms with Crippen LogP contribution in [0.25, 0.3) is 0 Å². The molecule has 0 fully saturated rings. The zero-order valence-corrected chi connectivity index (χ0v) is 11.1. The largest absolute Gasteiger partial charge is 0.489 e. The molecule has 1 aliphatic rings. The minimum absolute atomic E-state index is 0.0531. The van der Waals surface area contributed by atoms with Gasteiger partial charge in [0.2, 0.25) is 0 Å². The van der Waals surface area contributed by atoms with Crippen LogP contribution in [0.15, 0.2) is 18.2 Å². The van der Waals surface area contributed by atoms with E-state index in [0.717, 1.165) is 0 Å². The number of nitrogens with one attached hydrogen (secondary N) is 1. The van der Waals surface area contributed by atoms with Crippen LogP contribution in [-0.4, -0.2) is 54.9 Å². The fraction of sp³-hybridized carbons (Fsp3) is 0.462. The van der Waals surface area contributed by atoms with E-state index in [0.29, 0.717) is 23.7 Å². The third-order valence-electron chi connectivity index (χ3n) is 2.94. The van der Waals surface area contributed by atoms with Crippen molar-refractivity contribution in [2.75, 3.05) is 38.2 Å². The van der Waals surface area contributed by atoms with Crippen LogP contribution in [0.2, 0.25) is 0 Å². The van der Waals surface area contributed by atoms with Gasteiger partial charge in [0.05, 0.1) is 17.9 Å². The van der Waals surface area contributed by atoms with E-state index in [2.05, 4.69) is 5.32 Å². The predicted molar refractivity (Wildman–Crippen MR) is 69.5 cm³/mol. The molecule has 1 aliphatic heterocycles. The van der Waals surface area contributed by atoms with Gasteiger partial charge in [0, 0.05) is 13.1 Å². The highest BCUT2D eigenvalue weighted by atomic mass is 19.4. The summed E-state index contributed by atoms with van der Waals surface area (Å²) >= 11 is 0. The van der Waals surface area contributed by atoms with Crippen molar-refractivity contribution in [3.8, 4) is 5.75 Å². The maximum Gasteiger partial charge on any atom is 0.406 e. The van der Waals surface area contributed by atoms with E-state index in [1.54, 1.807) is 12.1 Å². The first-order valence-electron chi connectivity index (χ1n) is 6.39. The summed E-state index contributed by atoms with van der Waals surface area (Å²) in [7, 11) is 0. The number of para-hydroxylation sites is 1. The van der Waals surface area contributed by atoms with Gasteiger partial charge >= 0.3 is 6.18 Å². The molecule has 5 nitrogen and oxygen atoms in total. The molecule has 8 heteroatoms. The summed E-state index contributed by atoms with van der Waals surface area (Å²) in [5.41, 5.74) is 0.625. The number of aliphatic hydroxyl groups excluding tert-OH is 1. The van der Waals surface area contributed by atoms with Crippen LogP contribution in [0, 0.1) is 0 Å². The Labute approximate surface area is 119 Å². The van der Waals surface area contributed by atoms with Gasteiger partial charge in [-0.3, -0.25) is 4.79 Å². The van der Waals surface area contributed by atoms with Crippen LogP contribution in [0.4, 0.5) is 18.9 Å². The number of halogens is 3. The second kappa shape index (κ2) is 6.21. The second-order valence-corrected chi connectivity index (χ2v) is 4.52. The number of ether oxygens (including phenoxy) is 1. The average molecular weight is 304 g/mol. The number of benzene rings is 1. The Balaban J connectivity index is 2.28. The standard InChI is InChI=1S/C13H15F3N2O3/c14-13(15,16)8-18(5-6-19)12(20)9-2-1-3-10-11(9)21-7-4-17-10/h1-3,17,19H,4-8H2. The van der Waals surface area contributed by atoms with Crippen LogP contribution in [-0.2, 0) is 0 Å². The predicted octanol–water partition coefficient (Wildman–Crippen LogP) is 1.49. The number of amides is 1. The van der Waals surface area contributed by atoms with E-state index in [1.165, 1.54) is 6.07 Å². The Bertz CT molecular complexity index is 520. The number of anilines is 1. The van der Waals surface area contributed by atoms with E-state index in [1.807, 2.05) is 0 Å². The zero-order valence-electron chi connectivity index (χ0n) is 11.1. The molecule has 2 N–H and O–H groups in total. The number of carbonyl (C=O) groups is 1. The van der Waals surface area contributed by atoms with E-state index in [9.17, 15) is 18.0 Å². The molecule has 0 aromatic heterocycles. The lowest BCUT2D eigenvalue weighted by atomic mass is 10.1. The Hall–Kier alpha value is -1.96. The van der Waals surface area contributed by atoms with E-state index < -0.39 is 31.8 Å². The van der Waals surface area contributed by atoms with Crippen molar-refractivity contribution >= 4 is 11.6 Å². The molecule has 116 valence electrons. The Morgan fingerprint density at radius 1 is 1.43 bits per heavy atom. The van der Waals surface area contributed by atoms with Crippen molar-refractivity contribution in [1.82, 2.24) is 4.90 Å². The lowest BCUT2D eigenvalue weighted by Crippen LogP contribution is -2.41. The van der Waals surface area contributed by atoms with Crippen LogP contribution < -0.4 is 10.1 Å². The minimum Gasteiger partial charge on any atom is -0.489 e. The van der Waals surface area contributed by atoms with Crippen molar-refractivity contribution in [3.63, 3.8) is 0 Å². The van der Waals surface area contributed by atoms with Gasteiger partial charge in [0.25, 0.3) is 5.91 Å². The van der Waals surface area contributed by atoms with Gasteiger partial charge in [-0.1, -0.05) is 6.07 Å². The van der Waals surface area contributed by atoms with Crippen molar-refractivity contribution < 1.29 is 27.8 Å². The monoisotopic (exact) mass is 304 g/mol. The number of nitrogens with zero attached hydrogens (tertiary/aromatic N) is 1. The van der Waals surface area contributed by atoms with Crippen LogP contribution >= 0.6 is 0 Å². The van der Waals surface area contributed by atoms with Gasteiger partial charge in [-0.05, 0) is 12.1 Å². The van der Waals surface area contributed by atoms with Crippen molar-refractivity contribution in [2.24, 2.45) is 0 Å². The first-order valence-corrected chi connectivity index (χ1v) is 6.39. The number of rotatable bonds is 4. The summed E-state index contributed by atoms with van der Waals surface area (Å²) in [6.07, 6.45) is -4.53. The fourth-order valence-electron chi connectivity index (χ4n) is 2.10. The minimum atomic E-state index is -4.53. The van der Waals surface area contributed by atoms with Crippen molar-refractivity contribution in [2.45, 2.75) is 6.18 Å². The van der Waals surface area contributed by atoms with Gasteiger partial charge < -0.3 is 20.1 Å². The lowest BCUT2D eigenvalue weighted by Gasteiger charge is -2.26. The smallest absolute Gasteiger partial charge is 0.406 e. The fourth-order valence-corrected chi connectivity index (χ4v) is 2.10. The number of fused-ring (bicyclic) bond motifs is 1. The summed E-state index contributed by atoms with van der Waals surface area (Å²) in [5, 5.41) is 11.9. The average Bonchev–Trinajstić information content (AvgIpc) is 2.44. The molecule has 1 amide bonds. The first-order chi connectivity index (χ1) is 9.92. The molecular formula is C13H15F3N2O3. The normalized spacial score (nSPS) is 13.9. The highest BCUT2D eigenvalue weighted by molar-refractivity contribution is 5.99. The van der Waals surface area contributed by atoms with Gasteiger partial charge in [0.1, 0.15) is 13.2 Å². The Kier molecular flexibility index (Phi) is 4.56. The first kappa shape index (κ1) is 15.4. The molecule has 1 aromatic carbocycles. The van der Waals surface area contributed by atoms with E-state index >= 15 is 0 Å². The molecule has 2 rings (SSSR count). The third-order valence-corrected chi connectivity index (χ3v) is 2.94. The molecule has 0 atom stereocenters. The number of hydrogen-bond donors (Lipinski definition) is 2. The highest BCUT2D eigenvalue weighted by Crippen LogP contribution is 2.32. The molecule has 0 aliphatic carbocycles. The maximum atomic E-state index is 12.5. The highest BCUT2D eigenvalue weighted by Gasteiger charge is 2.34. The Morgan fingerprint density at radius 3 is 2.86 bits per heavy atom. The molecular weight excluding hydrogens is 289 g/mol. The molecule has 21 heavy (non-hydrogen) atoms. The van der Waals surface area contributed by atoms with Crippen LogP contribution in [0.5, 0.6) is 5.75 Å². The molecule has 1 heterocycles. The topological polar surface area (TPSA) is 61.8 Å². The lowest BCUT2D eigenvalue weighted by molar-refractivity contribution is -0.141. The summed E-state index contributed by atoms with van der Waals surface area (Å²) in [4.78, 5) is 12.9. The summed E-state index contributed by atoms with van der Waals surface area (Å²) in [5.74, 6) is -0.569. The van der Waals surface area contributed by atoms with Gasteiger partial charge in [0.15, 0.2) is 5.75 Å². The molecule has 0 unspecified atom stereocenters. The number of hydrogen-bond acceptors (Lipinski definition) is 4. The molecule has 0 radical (unpaired) electrons. The van der Waals surface area contributed by atoms with Crippen molar-refractivity contribution in [1.29, 1.82) is 0 Å². The van der Waals surface area contributed by atoms with Crippen LogP contribution in [0.1, 0.15) is 10.4 Å².